The van der Waals surface area contributed by atoms with E-state index in [-0.39, 0.29) is 18.1 Å². The number of hydrogen-bond donors (Lipinski definition) is 0. The predicted octanol–water partition coefficient (Wildman–Crippen LogP) is 6.00. The fourth-order valence-electron chi connectivity index (χ4n) is 5.05. The van der Waals surface area contributed by atoms with Crippen molar-refractivity contribution in [2.45, 2.75) is 33.4 Å². The fourth-order valence-corrected chi connectivity index (χ4v) is 6.42. The Labute approximate surface area is 263 Å². The van der Waals surface area contributed by atoms with Crippen LogP contribution >= 0.6 is 34.5 Å². The average molecular weight is 637 g/mol. The molecule has 1 aliphatic heterocycles. The highest BCUT2D eigenvalue weighted by Crippen LogP contribution is 2.32. The number of amides is 1. The van der Waals surface area contributed by atoms with Gasteiger partial charge in [0, 0.05) is 28.7 Å². The van der Waals surface area contributed by atoms with Gasteiger partial charge >= 0.3 is 0 Å². The molecule has 4 aromatic rings. The number of ether oxygens (including phenoxy) is 2. The Morgan fingerprint density at radius 2 is 1.77 bits per heavy atom. The summed E-state index contributed by atoms with van der Waals surface area (Å²) in [6.45, 7) is 7.07. The van der Waals surface area contributed by atoms with Crippen molar-refractivity contribution in [1.29, 1.82) is 0 Å². The second-order valence-electron chi connectivity index (χ2n) is 9.90. The van der Waals surface area contributed by atoms with E-state index >= 15 is 0 Å². The normalized spacial score (nSPS) is 14.7. The van der Waals surface area contributed by atoms with Crippen LogP contribution < -0.4 is 24.4 Å². The van der Waals surface area contributed by atoms with Crippen LogP contribution in [-0.4, -0.2) is 35.6 Å². The highest BCUT2D eigenvalue weighted by atomic mass is 35.5. The minimum absolute atomic E-state index is 0.141. The van der Waals surface area contributed by atoms with Gasteiger partial charge in [0.1, 0.15) is 6.61 Å². The van der Waals surface area contributed by atoms with Crippen LogP contribution in [0.5, 0.6) is 11.5 Å². The molecule has 7 nitrogen and oxygen atoms in total. The third-order valence-electron chi connectivity index (χ3n) is 7.31. The molecule has 10 heteroatoms. The van der Waals surface area contributed by atoms with E-state index in [0.29, 0.717) is 55.2 Å². The average Bonchev–Trinajstić information content (AvgIpc) is 3.31. The van der Waals surface area contributed by atoms with Gasteiger partial charge in [0.2, 0.25) is 0 Å². The van der Waals surface area contributed by atoms with Crippen LogP contribution in [0.3, 0.4) is 0 Å². The summed E-state index contributed by atoms with van der Waals surface area (Å²) in [5.41, 5.74) is 3.23. The molecule has 1 aromatic heterocycles. The summed E-state index contributed by atoms with van der Waals surface area (Å²) in [5, 5.41) is 1.20. The molecule has 1 atom stereocenters. The van der Waals surface area contributed by atoms with Gasteiger partial charge in [0.05, 0.1) is 29.0 Å². The van der Waals surface area contributed by atoms with Gasteiger partial charge in [0.15, 0.2) is 16.3 Å². The standard InChI is InChI=1S/C33H31Cl2N3O4S/c1-5-37(6-2)32(40)29-20(3)36-33-38(30(29)22-12-14-24(34)15-13-22)31(39)28(43-33)18-21-11-16-26(27(17-21)41-4)42-19-23-9-7-8-10-25(23)35/h7-18,30H,5-6,19H2,1-4H3/b28-18+/t30-/m0/s1. The number of carbonyl (C=O) groups is 1. The summed E-state index contributed by atoms with van der Waals surface area (Å²) in [6.07, 6.45) is 1.80. The van der Waals surface area contributed by atoms with E-state index in [1.54, 1.807) is 40.9 Å². The summed E-state index contributed by atoms with van der Waals surface area (Å²) >= 11 is 13.7. The molecule has 0 aliphatic carbocycles. The summed E-state index contributed by atoms with van der Waals surface area (Å²) in [7, 11) is 1.57. The molecule has 43 heavy (non-hydrogen) atoms. The SMILES string of the molecule is CCN(CC)C(=O)C1=C(C)N=c2s/c(=C/c3ccc(OCc4ccccc4Cl)c(OC)c3)c(=O)n2[C@H]1c1ccc(Cl)cc1. The molecule has 0 N–H and O–H groups in total. The number of allylic oxidation sites excluding steroid dienone is 1. The van der Waals surface area contributed by atoms with Gasteiger partial charge in [-0.3, -0.25) is 14.2 Å². The maximum Gasteiger partial charge on any atom is 0.271 e. The first kappa shape index (κ1) is 30.6. The fraction of sp³-hybridized carbons (Fsp3) is 0.242. The molecular formula is C33H31Cl2N3O4S. The molecule has 0 bridgehead atoms. The second-order valence-corrected chi connectivity index (χ2v) is 11.8. The highest BCUT2D eigenvalue weighted by Gasteiger charge is 2.34. The molecule has 0 saturated carbocycles. The summed E-state index contributed by atoms with van der Waals surface area (Å²) in [4.78, 5) is 34.7. The lowest BCUT2D eigenvalue weighted by Gasteiger charge is -2.29. The quantitative estimate of drug-likeness (QED) is 0.226. The Morgan fingerprint density at radius 1 is 1.05 bits per heavy atom. The largest absolute Gasteiger partial charge is 0.493 e. The number of thiazole rings is 1. The molecule has 0 fully saturated rings. The molecule has 0 saturated heterocycles. The number of rotatable bonds is 9. The van der Waals surface area contributed by atoms with Gasteiger partial charge in [0.25, 0.3) is 11.5 Å². The number of nitrogens with zero attached hydrogens (tertiary/aromatic N) is 3. The van der Waals surface area contributed by atoms with E-state index in [1.807, 2.05) is 69.3 Å². The molecule has 0 radical (unpaired) electrons. The first-order valence-corrected chi connectivity index (χ1v) is 15.4. The van der Waals surface area contributed by atoms with Crippen LogP contribution in [0, 0.1) is 0 Å². The van der Waals surface area contributed by atoms with Crippen LogP contribution in [0.2, 0.25) is 10.0 Å². The van der Waals surface area contributed by atoms with Gasteiger partial charge in [-0.15, -0.1) is 0 Å². The van der Waals surface area contributed by atoms with E-state index in [4.69, 9.17) is 37.7 Å². The van der Waals surface area contributed by atoms with E-state index in [0.717, 1.165) is 16.7 Å². The first-order valence-electron chi connectivity index (χ1n) is 13.9. The third kappa shape index (κ3) is 6.27. The van der Waals surface area contributed by atoms with Crippen molar-refractivity contribution >= 4 is 46.5 Å². The summed E-state index contributed by atoms with van der Waals surface area (Å²) in [6, 6.07) is 19.6. The Morgan fingerprint density at radius 3 is 2.44 bits per heavy atom. The monoisotopic (exact) mass is 635 g/mol. The number of aromatic nitrogens is 1. The molecule has 3 aromatic carbocycles. The zero-order valence-corrected chi connectivity index (χ0v) is 26.6. The Hall–Kier alpha value is -3.85. The van der Waals surface area contributed by atoms with Crippen LogP contribution in [0.15, 0.2) is 87.8 Å². The molecular weight excluding hydrogens is 605 g/mol. The predicted molar refractivity (Wildman–Crippen MR) is 172 cm³/mol. The topological polar surface area (TPSA) is 73.1 Å². The van der Waals surface area contributed by atoms with E-state index in [2.05, 4.69) is 0 Å². The number of fused-ring (bicyclic) bond motifs is 1. The molecule has 1 aliphatic rings. The maximum absolute atomic E-state index is 14.0. The molecule has 5 rings (SSSR count). The lowest BCUT2D eigenvalue weighted by Crippen LogP contribution is -2.43. The van der Waals surface area contributed by atoms with Crippen LogP contribution in [0.4, 0.5) is 0 Å². The molecule has 2 heterocycles. The molecule has 0 unspecified atom stereocenters. The van der Waals surface area contributed by atoms with Gasteiger partial charge in [-0.25, -0.2) is 4.99 Å². The number of halogens is 2. The van der Waals surface area contributed by atoms with Gasteiger partial charge in [-0.05, 0) is 68.3 Å². The number of methoxy groups -OCH3 is 1. The van der Waals surface area contributed by atoms with Crippen molar-refractivity contribution in [3.63, 3.8) is 0 Å². The van der Waals surface area contributed by atoms with E-state index in [9.17, 15) is 9.59 Å². The van der Waals surface area contributed by atoms with Crippen LogP contribution in [0.1, 0.15) is 43.5 Å². The summed E-state index contributed by atoms with van der Waals surface area (Å²) < 4.78 is 13.7. The Bertz CT molecular complexity index is 1880. The minimum Gasteiger partial charge on any atom is -0.493 e. The molecule has 0 spiro atoms. The lowest BCUT2D eigenvalue weighted by atomic mass is 9.94. The van der Waals surface area contributed by atoms with E-state index < -0.39 is 6.04 Å². The van der Waals surface area contributed by atoms with Crippen LogP contribution in [-0.2, 0) is 11.4 Å². The van der Waals surface area contributed by atoms with Gasteiger partial charge in [-0.2, -0.15) is 0 Å². The number of carbonyl (C=O) groups excluding carboxylic acids is 1. The van der Waals surface area contributed by atoms with Crippen molar-refractivity contribution in [2.24, 2.45) is 4.99 Å². The zero-order chi connectivity index (χ0) is 30.7. The number of hydrogen-bond acceptors (Lipinski definition) is 6. The molecule has 222 valence electrons. The zero-order valence-electron chi connectivity index (χ0n) is 24.3. The maximum atomic E-state index is 14.0. The van der Waals surface area contributed by atoms with Crippen LogP contribution in [0.25, 0.3) is 6.08 Å². The minimum atomic E-state index is -0.640. The van der Waals surface area contributed by atoms with Crippen molar-refractivity contribution in [2.75, 3.05) is 20.2 Å². The Kier molecular flexibility index (Phi) is 9.40. The first-order chi connectivity index (χ1) is 20.7. The van der Waals surface area contributed by atoms with Crippen molar-refractivity contribution in [3.8, 4) is 11.5 Å². The van der Waals surface area contributed by atoms with Crippen molar-refractivity contribution < 1.29 is 14.3 Å². The van der Waals surface area contributed by atoms with Gasteiger partial charge < -0.3 is 14.4 Å². The highest BCUT2D eigenvalue weighted by molar-refractivity contribution is 7.07. The van der Waals surface area contributed by atoms with E-state index in [1.165, 1.54) is 11.3 Å². The van der Waals surface area contributed by atoms with Gasteiger partial charge in [-0.1, -0.05) is 70.9 Å². The molecule has 1 amide bonds. The lowest BCUT2D eigenvalue weighted by molar-refractivity contribution is -0.127. The summed E-state index contributed by atoms with van der Waals surface area (Å²) in [5.74, 6) is 0.937. The third-order valence-corrected chi connectivity index (χ3v) is 8.92. The smallest absolute Gasteiger partial charge is 0.271 e. The number of benzene rings is 3. The van der Waals surface area contributed by atoms with Crippen molar-refractivity contribution in [1.82, 2.24) is 9.47 Å². The Balaban J connectivity index is 1.56. The number of likely N-dealkylation sites (N-methyl/N-ethyl adjacent to an activating group) is 1. The van der Waals surface area contributed by atoms with Crippen molar-refractivity contribution in [3.05, 3.63) is 124 Å². The second kappa shape index (κ2) is 13.2.